The number of aromatic carboxylic acids is 1. The molecule has 7 rings (SSSR count). The second-order valence-electron chi connectivity index (χ2n) is 10.4. The highest BCUT2D eigenvalue weighted by Crippen LogP contribution is 2.84. The molecular weight excluding hydrogens is 372 g/mol. The number of carboxylic acid groups (broad SMARTS) is 1. The first kappa shape index (κ1) is 16.9. The maximum absolute atomic E-state index is 11.1. The first-order valence-electron chi connectivity index (χ1n) is 11.1. The molecule has 4 aliphatic carbocycles. The van der Waals surface area contributed by atoms with Gasteiger partial charge in [0.25, 0.3) is 0 Å². The second-order valence-corrected chi connectivity index (χ2v) is 10.4. The summed E-state index contributed by atoms with van der Waals surface area (Å²) in [5, 5.41) is 22.3. The molecule has 2 bridgehead atoms. The zero-order valence-corrected chi connectivity index (χ0v) is 16.8. The summed E-state index contributed by atoms with van der Waals surface area (Å²) in [4.78, 5) is 11.1. The number of carboxylic acids is 1. The minimum Gasteiger partial charge on any atom is -0.508 e. The summed E-state index contributed by atoms with van der Waals surface area (Å²) in [5.74, 6) is 2.32. The van der Waals surface area contributed by atoms with Crippen molar-refractivity contribution in [3.05, 3.63) is 65.7 Å². The third-order valence-corrected chi connectivity index (χ3v) is 9.33. The van der Waals surface area contributed by atoms with Crippen molar-refractivity contribution < 1.29 is 15.0 Å². The van der Waals surface area contributed by atoms with Gasteiger partial charge in [0.1, 0.15) is 5.75 Å². The van der Waals surface area contributed by atoms with Crippen molar-refractivity contribution in [1.82, 2.24) is 0 Å². The van der Waals surface area contributed by atoms with Gasteiger partial charge in [0, 0.05) is 11.0 Å². The Labute approximate surface area is 175 Å². The van der Waals surface area contributed by atoms with Crippen LogP contribution in [0.5, 0.6) is 5.75 Å². The van der Waals surface area contributed by atoms with Crippen LogP contribution in [-0.4, -0.2) is 16.2 Å². The Kier molecular flexibility index (Phi) is 2.97. The van der Waals surface area contributed by atoms with Gasteiger partial charge in [0.2, 0.25) is 0 Å². The Bertz CT molecular complexity index is 1220. The number of aromatic hydroxyl groups is 1. The van der Waals surface area contributed by atoms with Crippen molar-refractivity contribution in [1.29, 1.82) is 0 Å². The van der Waals surface area contributed by atoms with Crippen molar-refractivity contribution in [2.45, 2.75) is 37.5 Å². The molecule has 0 radical (unpaired) electrons. The number of phenolic OH excluding ortho intramolecular Hbond substituents is 1. The average Bonchev–Trinajstić information content (AvgIpc) is 3.21. The Morgan fingerprint density at radius 1 is 0.833 bits per heavy atom. The minimum absolute atomic E-state index is 0.179. The quantitative estimate of drug-likeness (QED) is 0.572. The van der Waals surface area contributed by atoms with Crippen LogP contribution in [0.3, 0.4) is 0 Å². The summed E-state index contributed by atoms with van der Waals surface area (Å²) in [6.45, 7) is 0. The molecule has 3 aromatic carbocycles. The number of rotatable bonds is 3. The predicted molar refractivity (Wildman–Crippen MR) is 116 cm³/mol. The van der Waals surface area contributed by atoms with Crippen LogP contribution in [0.4, 0.5) is 0 Å². The monoisotopic (exact) mass is 396 g/mol. The molecule has 2 unspecified atom stereocenters. The van der Waals surface area contributed by atoms with Gasteiger partial charge in [0.15, 0.2) is 0 Å². The van der Waals surface area contributed by atoms with Gasteiger partial charge < -0.3 is 10.2 Å². The summed E-state index contributed by atoms with van der Waals surface area (Å²) in [5.41, 5.74) is 4.37. The number of phenols is 1. The van der Waals surface area contributed by atoms with Crippen LogP contribution in [0.2, 0.25) is 0 Å². The van der Waals surface area contributed by atoms with E-state index in [-0.39, 0.29) is 5.41 Å². The van der Waals surface area contributed by atoms with Gasteiger partial charge in [-0.3, -0.25) is 0 Å². The fourth-order valence-corrected chi connectivity index (χ4v) is 8.09. The lowest BCUT2D eigenvalue weighted by Crippen LogP contribution is -2.59. The van der Waals surface area contributed by atoms with Crippen LogP contribution in [0.25, 0.3) is 21.9 Å². The van der Waals surface area contributed by atoms with E-state index < -0.39 is 5.97 Å². The van der Waals surface area contributed by atoms with Gasteiger partial charge in [-0.25, -0.2) is 4.79 Å². The van der Waals surface area contributed by atoms with Gasteiger partial charge in [-0.15, -0.1) is 0 Å². The molecule has 2 N–H and O–H groups in total. The summed E-state index contributed by atoms with van der Waals surface area (Å²) >= 11 is 0. The van der Waals surface area contributed by atoms with Gasteiger partial charge in [0.05, 0.1) is 5.56 Å². The molecule has 0 aromatic heterocycles. The highest BCUT2D eigenvalue weighted by molar-refractivity contribution is 5.91. The molecule has 0 heterocycles. The molecule has 30 heavy (non-hydrogen) atoms. The van der Waals surface area contributed by atoms with Crippen LogP contribution >= 0.6 is 0 Å². The van der Waals surface area contributed by atoms with E-state index in [1.807, 2.05) is 24.3 Å². The highest BCUT2D eigenvalue weighted by atomic mass is 16.4. The van der Waals surface area contributed by atoms with E-state index in [1.54, 1.807) is 12.1 Å². The number of hydrogen-bond donors (Lipinski definition) is 2. The topological polar surface area (TPSA) is 57.5 Å². The van der Waals surface area contributed by atoms with Gasteiger partial charge in [-0.1, -0.05) is 24.3 Å². The molecule has 0 amide bonds. The molecule has 0 saturated heterocycles. The molecule has 4 fully saturated rings. The molecular formula is C27H24O3. The van der Waals surface area contributed by atoms with E-state index in [0.29, 0.717) is 16.7 Å². The van der Waals surface area contributed by atoms with Crippen molar-refractivity contribution in [3.63, 3.8) is 0 Å². The molecule has 4 saturated carbocycles. The zero-order valence-electron chi connectivity index (χ0n) is 16.8. The third kappa shape index (κ3) is 1.90. The van der Waals surface area contributed by atoms with E-state index in [1.165, 1.54) is 37.7 Å². The zero-order chi connectivity index (χ0) is 20.3. The predicted octanol–water partition coefficient (Wildman–Crippen LogP) is 5.99. The summed E-state index contributed by atoms with van der Waals surface area (Å²) in [7, 11) is 0. The van der Waals surface area contributed by atoms with Crippen molar-refractivity contribution in [2.24, 2.45) is 23.2 Å². The second kappa shape index (κ2) is 5.26. The molecule has 3 aromatic rings. The maximum Gasteiger partial charge on any atom is 0.335 e. The van der Waals surface area contributed by atoms with E-state index in [2.05, 4.69) is 18.2 Å². The Hall–Kier alpha value is -2.81. The van der Waals surface area contributed by atoms with Crippen molar-refractivity contribution in [2.75, 3.05) is 0 Å². The molecule has 3 nitrogen and oxygen atoms in total. The molecule has 150 valence electrons. The summed E-state index contributed by atoms with van der Waals surface area (Å²) in [6.07, 6.45) is 6.65. The average molecular weight is 396 g/mol. The van der Waals surface area contributed by atoms with Crippen LogP contribution in [-0.2, 0) is 5.41 Å². The number of benzene rings is 3. The molecule has 2 atom stereocenters. The van der Waals surface area contributed by atoms with Crippen LogP contribution < -0.4 is 0 Å². The van der Waals surface area contributed by atoms with Crippen LogP contribution in [0.1, 0.15) is 48.0 Å². The largest absolute Gasteiger partial charge is 0.508 e. The Morgan fingerprint density at radius 3 is 2.17 bits per heavy atom. The summed E-state index contributed by atoms with van der Waals surface area (Å²) in [6, 6.07) is 17.5. The van der Waals surface area contributed by atoms with Gasteiger partial charge in [-0.2, -0.15) is 0 Å². The summed E-state index contributed by atoms with van der Waals surface area (Å²) < 4.78 is 0. The standard InChI is InChI=1S/C27H24O3/c28-24-9-18-6-5-17(15-1-3-16(4-2-15)25(29)30)7-19(18)8-23(24)26-12-21-10-20-11-22(13-26)27(20,21)14-26/h1-9,20-22,28H,10-14H2,(H,29,30). The fourth-order valence-electron chi connectivity index (χ4n) is 8.09. The maximum atomic E-state index is 11.1. The lowest BCUT2D eigenvalue weighted by molar-refractivity contribution is -0.175. The van der Waals surface area contributed by atoms with E-state index in [4.69, 9.17) is 5.11 Å². The highest BCUT2D eigenvalue weighted by Gasteiger charge is 2.77. The number of hydrogen-bond acceptors (Lipinski definition) is 2. The first-order valence-corrected chi connectivity index (χ1v) is 11.1. The fraction of sp³-hybridized carbons (Fsp3) is 0.370. The molecule has 1 spiro atoms. The lowest BCUT2D eigenvalue weighted by atomic mass is 9.38. The number of carbonyl (C=O) groups is 1. The van der Waals surface area contributed by atoms with Gasteiger partial charge >= 0.3 is 5.97 Å². The normalized spacial score (nSPS) is 35.0. The molecule has 3 heteroatoms. The third-order valence-electron chi connectivity index (χ3n) is 9.33. The smallest absolute Gasteiger partial charge is 0.335 e. The Morgan fingerprint density at radius 2 is 1.53 bits per heavy atom. The molecule has 4 aliphatic rings. The SMILES string of the molecule is O=C(O)c1ccc(-c2ccc3cc(O)c(C45CC6CC7CC(C4)C76C5)cc3c2)cc1. The van der Waals surface area contributed by atoms with Crippen LogP contribution in [0, 0.1) is 23.2 Å². The van der Waals surface area contributed by atoms with Crippen molar-refractivity contribution in [3.8, 4) is 16.9 Å². The lowest BCUT2D eigenvalue weighted by Gasteiger charge is -2.66. The van der Waals surface area contributed by atoms with E-state index in [9.17, 15) is 9.90 Å². The first-order chi connectivity index (χ1) is 14.5. The molecule has 0 aliphatic heterocycles. The number of fused-ring (bicyclic) bond motifs is 2. The van der Waals surface area contributed by atoms with E-state index >= 15 is 0 Å². The van der Waals surface area contributed by atoms with E-state index in [0.717, 1.165) is 39.7 Å². The minimum atomic E-state index is -0.905. The van der Waals surface area contributed by atoms with Crippen LogP contribution in [0.15, 0.2) is 54.6 Å². The van der Waals surface area contributed by atoms with Gasteiger partial charge in [-0.05, 0) is 108 Å². The van der Waals surface area contributed by atoms with Crippen molar-refractivity contribution >= 4 is 16.7 Å². The Balaban J connectivity index is 1.31.